The van der Waals surface area contributed by atoms with Crippen molar-refractivity contribution in [2.45, 2.75) is 44.8 Å². The molecule has 4 nitrogen and oxygen atoms in total. The van der Waals surface area contributed by atoms with Gasteiger partial charge in [0.1, 0.15) is 5.82 Å². The van der Waals surface area contributed by atoms with Crippen LogP contribution < -0.4 is 0 Å². The summed E-state index contributed by atoms with van der Waals surface area (Å²) in [5.74, 6) is 1.59. The maximum absolute atomic E-state index is 6.19. The van der Waals surface area contributed by atoms with Gasteiger partial charge in [0.25, 0.3) is 0 Å². The zero-order chi connectivity index (χ0) is 17.2. The van der Waals surface area contributed by atoms with E-state index in [0.717, 1.165) is 22.6 Å². The van der Waals surface area contributed by atoms with Crippen LogP contribution in [-0.2, 0) is 18.0 Å². The molecule has 0 spiro atoms. The minimum absolute atomic E-state index is 0.364. The minimum Gasteiger partial charge on any atom is -0.372 e. The Hall–Kier alpha value is -1.62. The van der Waals surface area contributed by atoms with Gasteiger partial charge in [0, 0.05) is 33.3 Å². The molecule has 0 radical (unpaired) electrons. The molecule has 0 unspecified atom stereocenters. The van der Waals surface area contributed by atoms with E-state index < -0.39 is 0 Å². The predicted octanol–water partition coefficient (Wildman–Crippen LogP) is 5.41. The molecule has 1 aliphatic rings. The van der Waals surface area contributed by atoms with Crippen LogP contribution in [0.3, 0.4) is 0 Å². The van der Waals surface area contributed by atoms with Crippen LogP contribution in [0, 0.1) is 0 Å². The molecule has 4 rings (SSSR count). The monoisotopic (exact) mass is 375 g/mol. The summed E-state index contributed by atoms with van der Waals surface area (Å²) in [5, 5.41) is 10.1. The van der Waals surface area contributed by atoms with Crippen molar-refractivity contribution >= 4 is 28.8 Å². The number of aromatic nitrogens is 3. The first-order chi connectivity index (χ1) is 12.2. The summed E-state index contributed by atoms with van der Waals surface area (Å²) in [7, 11) is 0. The number of ether oxygens (including phenoxy) is 1. The second-order valence-electron chi connectivity index (χ2n) is 6.46. The van der Waals surface area contributed by atoms with Crippen LogP contribution in [0.15, 0.2) is 36.5 Å². The molecule has 0 bridgehead atoms. The van der Waals surface area contributed by atoms with Crippen LogP contribution in [-0.4, -0.2) is 14.6 Å². The molecular weight excluding hydrogens is 357 g/mol. The Bertz CT molecular complexity index is 867. The highest BCUT2D eigenvalue weighted by Gasteiger charge is 2.22. The second-order valence-corrected chi connectivity index (χ2v) is 7.27. The van der Waals surface area contributed by atoms with Crippen LogP contribution in [0.4, 0.5) is 0 Å². The van der Waals surface area contributed by atoms with Crippen LogP contribution >= 0.6 is 23.2 Å². The number of hydrogen-bond donors (Lipinski definition) is 0. The molecule has 1 aliphatic carbocycles. The lowest BCUT2D eigenvalue weighted by molar-refractivity contribution is 0.108. The molecule has 2 aromatic heterocycles. The van der Waals surface area contributed by atoms with Crippen LogP contribution in [0.5, 0.6) is 0 Å². The molecule has 0 atom stereocenters. The molecule has 0 saturated heterocycles. The van der Waals surface area contributed by atoms with Gasteiger partial charge in [0.05, 0.1) is 13.2 Å². The number of fused-ring (bicyclic) bond motifs is 1. The molecule has 1 fully saturated rings. The molecule has 0 aliphatic heterocycles. The van der Waals surface area contributed by atoms with Gasteiger partial charge in [-0.3, -0.25) is 4.40 Å². The molecule has 0 amide bonds. The van der Waals surface area contributed by atoms with Gasteiger partial charge >= 0.3 is 0 Å². The number of halogens is 2. The number of nitrogens with zero attached hydrogens (tertiary/aromatic N) is 3. The summed E-state index contributed by atoms with van der Waals surface area (Å²) in [4.78, 5) is 0. The van der Waals surface area contributed by atoms with Crippen LogP contribution in [0.25, 0.3) is 5.65 Å². The van der Waals surface area contributed by atoms with Gasteiger partial charge in [-0.15, -0.1) is 10.2 Å². The summed E-state index contributed by atoms with van der Waals surface area (Å²) in [6.45, 7) is 0.803. The maximum Gasteiger partial charge on any atom is 0.166 e. The molecule has 1 aromatic carbocycles. The fraction of sp³-hybridized carbons (Fsp3) is 0.368. The van der Waals surface area contributed by atoms with Crippen molar-refractivity contribution in [2.75, 3.05) is 0 Å². The fourth-order valence-electron chi connectivity index (χ4n) is 3.50. The normalized spacial score (nSPS) is 15.3. The predicted molar refractivity (Wildman–Crippen MR) is 99.2 cm³/mol. The Morgan fingerprint density at radius 1 is 1.00 bits per heavy atom. The third-order valence-electron chi connectivity index (χ3n) is 4.83. The third-order valence-corrected chi connectivity index (χ3v) is 5.54. The molecule has 1 saturated carbocycles. The SMILES string of the molecule is Clc1cccc(Cl)c1COCc1cccn2c(C3CCCC3)nnc12. The van der Waals surface area contributed by atoms with E-state index in [-0.39, 0.29) is 0 Å². The lowest BCUT2D eigenvalue weighted by Crippen LogP contribution is -2.02. The Morgan fingerprint density at radius 2 is 1.76 bits per heavy atom. The van der Waals surface area contributed by atoms with Crippen molar-refractivity contribution in [3.05, 3.63) is 63.5 Å². The number of benzene rings is 1. The lowest BCUT2D eigenvalue weighted by atomic mass is 10.1. The van der Waals surface area contributed by atoms with Crippen molar-refractivity contribution in [2.24, 2.45) is 0 Å². The number of pyridine rings is 1. The van der Waals surface area contributed by atoms with Crippen molar-refractivity contribution in [3.63, 3.8) is 0 Å². The zero-order valence-corrected chi connectivity index (χ0v) is 15.3. The summed E-state index contributed by atoms with van der Waals surface area (Å²) < 4.78 is 7.97. The first kappa shape index (κ1) is 16.8. The van der Waals surface area contributed by atoms with E-state index in [1.54, 1.807) is 0 Å². The van der Waals surface area contributed by atoms with E-state index in [0.29, 0.717) is 29.2 Å². The van der Waals surface area contributed by atoms with E-state index in [9.17, 15) is 0 Å². The van der Waals surface area contributed by atoms with Gasteiger partial charge in [0.15, 0.2) is 5.65 Å². The highest BCUT2D eigenvalue weighted by atomic mass is 35.5. The molecule has 0 N–H and O–H groups in total. The van der Waals surface area contributed by atoms with Gasteiger partial charge in [-0.25, -0.2) is 0 Å². The summed E-state index contributed by atoms with van der Waals surface area (Å²) in [6.07, 6.45) is 7.00. The zero-order valence-electron chi connectivity index (χ0n) is 13.8. The molecule has 3 aromatic rings. The molecule has 130 valence electrons. The first-order valence-corrected chi connectivity index (χ1v) is 9.33. The summed E-state index contributed by atoms with van der Waals surface area (Å²) >= 11 is 12.4. The molecule has 2 heterocycles. The van der Waals surface area contributed by atoms with Crippen molar-refractivity contribution in [1.29, 1.82) is 0 Å². The van der Waals surface area contributed by atoms with E-state index in [1.807, 2.05) is 36.5 Å². The molecule has 6 heteroatoms. The Morgan fingerprint density at radius 3 is 2.52 bits per heavy atom. The summed E-state index contributed by atoms with van der Waals surface area (Å²) in [6, 6.07) is 9.51. The fourth-order valence-corrected chi connectivity index (χ4v) is 4.00. The highest BCUT2D eigenvalue weighted by Crippen LogP contribution is 2.33. The van der Waals surface area contributed by atoms with Gasteiger partial charge in [0.2, 0.25) is 0 Å². The Kier molecular flexibility index (Phi) is 4.93. The van der Waals surface area contributed by atoms with Gasteiger partial charge in [-0.2, -0.15) is 0 Å². The van der Waals surface area contributed by atoms with E-state index in [1.165, 1.54) is 25.7 Å². The van der Waals surface area contributed by atoms with E-state index in [4.69, 9.17) is 27.9 Å². The molecular formula is C19H19Cl2N3O. The minimum atomic E-state index is 0.364. The van der Waals surface area contributed by atoms with Crippen LogP contribution in [0.1, 0.15) is 48.6 Å². The van der Waals surface area contributed by atoms with Gasteiger partial charge in [-0.05, 0) is 31.0 Å². The van der Waals surface area contributed by atoms with Gasteiger partial charge < -0.3 is 4.74 Å². The average molecular weight is 376 g/mol. The second kappa shape index (κ2) is 7.32. The highest BCUT2D eigenvalue weighted by molar-refractivity contribution is 6.35. The van der Waals surface area contributed by atoms with Crippen molar-refractivity contribution in [1.82, 2.24) is 14.6 Å². The van der Waals surface area contributed by atoms with Crippen LogP contribution in [0.2, 0.25) is 10.0 Å². The lowest BCUT2D eigenvalue weighted by Gasteiger charge is -2.10. The average Bonchev–Trinajstić information content (AvgIpc) is 3.26. The van der Waals surface area contributed by atoms with E-state index >= 15 is 0 Å². The maximum atomic E-state index is 6.19. The summed E-state index contributed by atoms with van der Waals surface area (Å²) in [5.41, 5.74) is 2.70. The van der Waals surface area contributed by atoms with E-state index in [2.05, 4.69) is 14.6 Å². The Labute approximate surface area is 156 Å². The number of hydrogen-bond acceptors (Lipinski definition) is 3. The van der Waals surface area contributed by atoms with Gasteiger partial charge in [-0.1, -0.05) is 48.2 Å². The third kappa shape index (κ3) is 3.39. The molecule has 25 heavy (non-hydrogen) atoms. The topological polar surface area (TPSA) is 39.4 Å². The van der Waals surface area contributed by atoms with Crippen molar-refractivity contribution in [3.8, 4) is 0 Å². The Balaban J connectivity index is 1.52. The quantitative estimate of drug-likeness (QED) is 0.598. The largest absolute Gasteiger partial charge is 0.372 e. The standard InChI is InChI=1S/C19H19Cl2N3O/c20-16-8-3-9-17(21)15(16)12-25-11-14-7-4-10-24-18(22-23-19(14)24)13-5-1-2-6-13/h3-4,7-10,13H,1-2,5-6,11-12H2. The van der Waals surface area contributed by atoms with Crippen molar-refractivity contribution < 1.29 is 4.74 Å². The smallest absolute Gasteiger partial charge is 0.166 e. The first-order valence-electron chi connectivity index (χ1n) is 8.57. The number of rotatable bonds is 5.